The number of amides is 2. The first-order chi connectivity index (χ1) is 12.3. The summed E-state index contributed by atoms with van der Waals surface area (Å²) < 4.78 is 23.2. The van der Waals surface area contributed by atoms with Crippen molar-refractivity contribution in [1.82, 2.24) is 9.88 Å². The van der Waals surface area contributed by atoms with E-state index in [2.05, 4.69) is 10.3 Å². The summed E-state index contributed by atoms with van der Waals surface area (Å²) in [6.07, 6.45) is 4.22. The first kappa shape index (κ1) is 18.1. The maximum Gasteiger partial charge on any atom is 0.255 e. The molecule has 0 saturated carbocycles. The van der Waals surface area contributed by atoms with Gasteiger partial charge in [-0.15, -0.1) is 0 Å². The lowest BCUT2D eigenvalue weighted by Gasteiger charge is -2.26. The van der Waals surface area contributed by atoms with Crippen LogP contribution < -0.4 is 5.32 Å². The molecular formula is C18H19N3O4S. The van der Waals surface area contributed by atoms with Crippen LogP contribution >= 0.6 is 0 Å². The van der Waals surface area contributed by atoms with Crippen LogP contribution in [0.2, 0.25) is 0 Å². The molecule has 2 aromatic rings. The Morgan fingerprint density at radius 3 is 2.69 bits per heavy atom. The molecule has 2 amide bonds. The largest absolute Gasteiger partial charge is 0.323 e. The molecule has 0 spiro atoms. The van der Waals surface area contributed by atoms with Gasteiger partial charge in [-0.3, -0.25) is 14.6 Å². The maximum atomic E-state index is 12.8. The molecule has 7 nitrogen and oxygen atoms in total. The van der Waals surface area contributed by atoms with Crippen LogP contribution in [0.5, 0.6) is 0 Å². The van der Waals surface area contributed by atoms with Gasteiger partial charge in [0.15, 0.2) is 0 Å². The topological polar surface area (TPSA) is 96.4 Å². The molecule has 1 aromatic carbocycles. The van der Waals surface area contributed by atoms with E-state index in [0.717, 1.165) is 11.8 Å². The molecule has 26 heavy (non-hydrogen) atoms. The zero-order chi connectivity index (χ0) is 18.7. The minimum Gasteiger partial charge on any atom is -0.323 e. The van der Waals surface area contributed by atoms with Crippen molar-refractivity contribution in [1.29, 1.82) is 0 Å². The van der Waals surface area contributed by atoms with Crippen molar-refractivity contribution in [2.75, 3.05) is 17.3 Å². The number of hydrogen-bond acceptors (Lipinski definition) is 5. The molecule has 1 N–H and O–H groups in total. The third kappa shape index (κ3) is 4.08. The van der Waals surface area contributed by atoms with Gasteiger partial charge in [0.2, 0.25) is 5.91 Å². The van der Waals surface area contributed by atoms with E-state index in [4.69, 9.17) is 0 Å². The van der Waals surface area contributed by atoms with Crippen molar-refractivity contribution in [2.24, 2.45) is 0 Å². The van der Waals surface area contributed by atoms with Gasteiger partial charge < -0.3 is 10.2 Å². The Bertz CT molecular complexity index is 928. The lowest BCUT2D eigenvalue weighted by atomic mass is 10.1. The van der Waals surface area contributed by atoms with Crippen molar-refractivity contribution in [3.05, 3.63) is 59.9 Å². The summed E-state index contributed by atoms with van der Waals surface area (Å²) in [5, 5.41) is 2.71. The molecule has 1 unspecified atom stereocenters. The summed E-state index contributed by atoms with van der Waals surface area (Å²) in [7, 11) is -3.27. The SMILES string of the molecule is CS(=O)(=O)CCC(C(=O)Nc1cccnc1)N1Cc2ccccc2C1=O. The normalized spacial score (nSPS) is 14.8. The minimum atomic E-state index is -3.27. The maximum absolute atomic E-state index is 12.8. The molecule has 3 rings (SSSR count). The monoisotopic (exact) mass is 373 g/mol. The third-order valence-electron chi connectivity index (χ3n) is 4.22. The quantitative estimate of drug-likeness (QED) is 0.827. The van der Waals surface area contributed by atoms with Gasteiger partial charge in [0.05, 0.1) is 17.6 Å². The van der Waals surface area contributed by atoms with Crippen LogP contribution in [0, 0.1) is 0 Å². The standard InChI is InChI=1S/C18H19N3O4S/c1-26(24,25)10-8-16(17(22)20-14-6-4-9-19-11-14)21-12-13-5-2-3-7-15(13)18(21)23/h2-7,9,11,16H,8,10,12H2,1H3,(H,20,22). The summed E-state index contributed by atoms with van der Waals surface area (Å²) in [5.74, 6) is -0.874. The molecule has 1 aromatic heterocycles. The summed E-state index contributed by atoms with van der Waals surface area (Å²) in [6, 6.07) is 9.62. The highest BCUT2D eigenvalue weighted by atomic mass is 32.2. The highest BCUT2D eigenvalue weighted by Crippen LogP contribution is 2.26. The molecule has 1 atom stereocenters. The second kappa shape index (κ2) is 7.25. The zero-order valence-corrected chi connectivity index (χ0v) is 15.1. The average molecular weight is 373 g/mol. The number of rotatable bonds is 6. The summed E-state index contributed by atoms with van der Waals surface area (Å²) >= 11 is 0. The zero-order valence-electron chi connectivity index (χ0n) is 14.3. The van der Waals surface area contributed by atoms with E-state index in [-0.39, 0.29) is 24.6 Å². The Morgan fingerprint density at radius 2 is 2.04 bits per heavy atom. The fourth-order valence-electron chi connectivity index (χ4n) is 2.95. The number of nitrogens with one attached hydrogen (secondary N) is 1. The van der Waals surface area contributed by atoms with E-state index in [0.29, 0.717) is 11.3 Å². The first-order valence-corrected chi connectivity index (χ1v) is 10.2. The number of fused-ring (bicyclic) bond motifs is 1. The molecule has 0 radical (unpaired) electrons. The van der Waals surface area contributed by atoms with Gasteiger partial charge in [-0.25, -0.2) is 8.42 Å². The Labute approximate surface area is 152 Å². The molecule has 2 heterocycles. The predicted octanol–water partition coefficient (Wildman–Crippen LogP) is 1.48. The van der Waals surface area contributed by atoms with E-state index < -0.39 is 21.8 Å². The molecule has 0 bridgehead atoms. The van der Waals surface area contributed by atoms with E-state index in [1.54, 1.807) is 30.5 Å². The van der Waals surface area contributed by atoms with Crippen LogP contribution in [0.3, 0.4) is 0 Å². The number of pyridine rings is 1. The van der Waals surface area contributed by atoms with Gasteiger partial charge in [0, 0.05) is 24.6 Å². The van der Waals surface area contributed by atoms with Crippen molar-refractivity contribution in [2.45, 2.75) is 19.0 Å². The van der Waals surface area contributed by atoms with Crippen LogP contribution in [0.25, 0.3) is 0 Å². The number of carbonyl (C=O) groups is 2. The van der Waals surface area contributed by atoms with Crippen LogP contribution in [0.15, 0.2) is 48.8 Å². The number of nitrogens with zero attached hydrogens (tertiary/aromatic N) is 2. The van der Waals surface area contributed by atoms with Crippen LogP contribution in [0.1, 0.15) is 22.3 Å². The van der Waals surface area contributed by atoms with E-state index in [9.17, 15) is 18.0 Å². The van der Waals surface area contributed by atoms with E-state index in [1.807, 2.05) is 12.1 Å². The van der Waals surface area contributed by atoms with Gasteiger partial charge in [-0.2, -0.15) is 0 Å². The second-order valence-electron chi connectivity index (χ2n) is 6.26. The highest BCUT2D eigenvalue weighted by Gasteiger charge is 2.36. The number of benzene rings is 1. The number of hydrogen-bond donors (Lipinski definition) is 1. The van der Waals surface area contributed by atoms with Gasteiger partial charge >= 0.3 is 0 Å². The lowest BCUT2D eigenvalue weighted by molar-refractivity contribution is -0.120. The fraction of sp³-hybridized carbons (Fsp3) is 0.278. The molecule has 136 valence electrons. The Balaban J connectivity index is 1.84. The lowest BCUT2D eigenvalue weighted by Crippen LogP contribution is -2.45. The van der Waals surface area contributed by atoms with Crippen LogP contribution in [-0.4, -0.2) is 48.2 Å². The minimum absolute atomic E-state index is 0.0324. The number of anilines is 1. The molecular weight excluding hydrogens is 354 g/mol. The molecule has 0 saturated heterocycles. The first-order valence-electron chi connectivity index (χ1n) is 8.12. The molecule has 1 aliphatic rings. The average Bonchev–Trinajstić information content (AvgIpc) is 2.92. The summed E-state index contributed by atoms with van der Waals surface area (Å²) in [4.78, 5) is 30.9. The van der Waals surface area contributed by atoms with Gasteiger partial charge in [0.1, 0.15) is 15.9 Å². The summed E-state index contributed by atoms with van der Waals surface area (Å²) in [5.41, 5.74) is 1.87. The van der Waals surface area contributed by atoms with E-state index >= 15 is 0 Å². The van der Waals surface area contributed by atoms with Crippen molar-refractivity contribution < 1.29 is 18.0 Å². The van der Waals surface area contributed by atoms with Crippen molar-refractivity contribution in [3.63, 3.8) is 0 Å². The molecule has 0 aliphatic carbocycles. The number of carbonyl (C=O) groups excluding carboxylic acids is 2. The number of sulfone groups is 1. The number of aromatic nitrogens is 1. The Hall–Kier alpha value is -2.74. The van der Waals surface area contributed by atoms with Crippen molar-refractivity contribution in [3.8, 4) is 0 Å². The fourth-order valence-corrected chi connectivity index (χ4v) is 3.60. The smallest absolute Gasteiger partial charge is 0.255 e. The molecule has 1 aliphatic heterocycles. The summed E-state index contributed by atoms with van der Waals surface area (Å²) in [6.45, 7) is 0.282. The Kier molecular flexibility index (Phi) is 5.03. The molecule has 8 heteroatoms. The Morgan fingerprint density at radius 1 is 1.27 bits per heavy atom. The second-order valence-corrected chi connectivity index (χ2v) is 8.52. The van der Waals surface area contributed by atoms with Crippen LogP contribution in [0.4, 0.5) is 5.69 Å². The molecule has 0 fully saturated rings. The van der Waals surface area contributed by atoms with Gasteiger partial charge in [-0.05, 0) is 30.2 Å². The van der Waals surface area contributed by atoms with E-state index in [1.165, 1.54) is 11.1 Å². The predicted molar refractivity (Wildman–Crippen MR) is 97.3 cm³/mol. The van der Waals surface area contributed by atoms with Gasteiger partial charge in [-0.1, -0.05) is 18.2 Å². The van der Waals surface area contributed by atoms with Gasteiger partial charge in [0.25, 0.3) is 5.91 Å². The van der Waals surface area contributed by atoms with Crippen molar-refractivity contribution >= 4 is 27.3 Å². The van der Waals surface area contributed by atoms with Crippen LogP contribution in [-0.2, 0) is 21.2 Å². The third-order valence-corrected chi connectivity index (χ3v) is 5.20. The highest BCUT2D eigenvalue weighted by molar-refractivity contribution is 7.90.